The van der Waals surface area contributed by atoms with E-state index in [0.29, 0.717) is 6.61 Å². The zero-order valence-corrected chi connectivity index (χ0v) is 15.0. The predicted octanol–water partition coefficient (Wildman–Crippen LogP) is 4.30. The molecule has 0 saturated carbocycles. The summed E-state index contributed by atoms with van der Waals surface area (Å²) in [6, 6.07) is 17.8. The van der Waals surface area contributed by atoms with Crippen LogP contribution in [0.5, 0.6) is 17.2 Å². The SMILES string of the molecule is Cl.c1coc(CNCc2ccc(OCc3ccc4c(c3)OCO4)cc2)c1. The molecule has 1 aromatic heterocycles. The van der Waals surface area contributed by atoms with Crippen molar-refractivity contribution in [3.05, 3.63) is 77.7 Å². The fourth-order valence-corrected chi connectivity index (χ4v) is 2.64. The van der Waals surface area contributed by atoms with E-state index in [4.69, 9.17) is 18.6 Å². The topological polar surface area (TPSA) is 52.9 Å². The van der Waals surface area contributed by atoms with Crippen LogP contribution in [0.1, 0.15) is 16.9 Å². The van der Waals surface area contributed by atoms with Gasteiger partial charge in [0.1, 0.15) is 18.1 Å². The summed E-state index contributed by atoms with van der Waals surface area (Å²) in [7, 11) is 0. The van der Waals surface area contributed by atoms with Gasteiger partial charge in [-0.3, -0.25) is 0 Å². The van der Waals surface area contributed by atoms with E-state index in [0.717, 1.165) is 41.7 Å². The molecule has 4 rings (SSSR count). The lowest BCUT2D eigenvalue weighted by atomic mass is 10.2. The van der Waals surface area contributed by atoms with Gasteiger partial charge in [-0.2, -0.15) is 0 Å². The quantitative estimate of drug-likeness (QED) is 0.669. The van der Waals surface area contributed by atoms with E-state index in [1.54, 1.807) is 6.26 Å². The Bertz CT molecular complexity index is 818. The number of rotatable bonds is 7. The average molecular weight is 374 g/mol. The summed E-state index contributed by atoms with van der Waals surface area (Å²) in [5.74, 6) is 3.34. The normalized spacial score (nSPS) is 11.8. The van der Waals surface area contributed by atoms with Gasteiger partial charge >= 0.3 is 0 Å². The molecule has 26 heavy (non-hydrogen) atoms. The monoisotopic (exact) mass is 373 g/mol. The summed E-state index contributed by atoms with van der Waals surface area (Å²) in [6.07, 6.45) is 1.68. The van der Waals surface area contributed by atoms with Gasteiger partial charge in [0.2, 0.25) is 6.79 Å². The number of benzene rings is 2. The van der Waals surface area contributed by atoms with Crippen LogP contribution in [0.15, 0.2) is 65.3 Å². The van der Waals surface area contributed by atoms with Crippen molar-refractivity contribution >= 4 is 12.4 Å². The van der Waals surface area contributed by atoms with E-state index >= 15 is 0 Å². The molecule has 0 atom stereocenters. The minimum absolute atomic E-state index is 0. The number of hydrogen-bond donors (Lipinski definition) is 1. The highest BCUT2D eigenvalue weighted by atomic mass is 35.5. The zero-order valence-electron chi connectivity index (χ0n) is 14.1. The number of nitrogens with one attached hydrogen (secondary N) is 1. The number of furan rings is 1. The summed E-state index contributed by atoms with van der Waals surface area (Å²) in [5, 5.41) is 3.34. The number of halogens is 1. The van der Waals surface area contributed by atoms with Gasteiger partial charge in [-0.15, -0.1) is 12.4 Å². The van der Waals surface area contributed by atoms with Crippen LogP contribution in [-0.4, -0.2) is 6.79 Å². The molecule has 0 amide bonds. The molecule has 0 saturated heterocycles. The van der Waals surface area contributed by atoms with Gasteiger partial charge in [-0.05, 0) is 47.5 Å². The Balaban J connectivity index is 0.00000196. The molecule has 0 fully saturated rings. The van der Waals surface area contributed by atoms with Crippen LogP contribution in [0, 0.1) is 0 Å². The maximum Gasteiger partial charge on any atom is 0.231 e. The zero-order chi connectivity index (χ0) is 16.9. The highest BCUT2D eigenvalue weighted by Crippen LogP contribution is 2.32. The molecule has 3 aromatic rings. The molecule has 0 aliphatic carbocycles. The van der Waals surface area contributed by atoms with E-state index < -0.39 is 0 Å². The summed E-state index contributed by atoms with van der Waals surface area (Å²) in [4.78, 5) is 0. The van der Waals surface area contributed by atoms with Gasteiger partial charge in [-0.25, -0.2) is 0 Å². The number of fused-ring (bicyclic) bond motifs is 1. The third kappa shape index (κ3) is 4.50. The van der Waals surface area contributed by atoms with E-state index in [2.05, 4.69) is 17.4 Å². The fraction of sp³-hybridized carbons (Fsp3) is 0.200. The Hall–Kier alpha value is -2.63. The second kappa shape index (κ2) is 8.65. The Morgan fingerprint density at radius 1 is 0.885 bits per heavy atom. The van der Waals surface area contributed by atoms with Gasteiger partial charge in [0.15, 0.2) is 11.5 Å². The van der Waals surface area contributed by atoms with Crippen molar-refractivity contribution in [1.29, 1.82) is 0 Å². The maximum absolute atomic E-state index is 5.84. The minimum Gasteiger partial charge on any atom is -0.489 e. The van der Waals surface area contributed by atoms with Crippen LogP contribution in [0.4, 0.5) is 0 Å². The lowest BCUT2D eigenvalue weighted by molar-refractivity contribution is 0.174. The lowest BCUT2D eigenvalue weighted by Gasteiger charge is -2.08. The first-order valence-electron chi connectivity index (χ1n) is 8.20. The molecule has 2 heterocycles. The maximum atomic E-state index is 5.84. The molecule has 0 spiro atoms. The van der Waals surface area contributed by atoms with Crippen LogP contribution >= 0.6 is 12.4 Å². The van der Waals surface area contributed by atoms with E-state index in [-0.39, 0.29) is 19.2 Å². The van der Waals surface area contributed by atoms with Crippen LogP contribution < -0.4 is 19.5 Å². The van der Waals surface area contributed by atoms with Gasteiger partial charge in [-0.1, -0.05) is 18.2 Å². The van der Waals surface area contributed by atoms with Crippen molar-refractivity contribution in [3.8, 4) is 17.2 Å². The van der Waals surface area contributed by atoms with Crippen molar-refractivity contribution in [2.45, 2.75) is 19.7 Å². The fourth-order valence-electron chi connectivity index (χ4n) is 2.64. The summed E-state index contributed by atoms with van der Waals surface area (Å²) < 4.78 is 21.8. The summed E-state index contributed by atoms with van der Waals surface area (Å²) >= 11 is 0. The van der Waals surface area contributed by atoms with Gasteiger partial charge in [0.05, 0.1) is 12.8 Å². The molecule has 1 aliphatic rings. The van der Waals surface area contributed by atoms with Crippen LogP contribution in [-0.2, 0) is 19.7 Å². The van der Waals surface area contributed by atoms with Crippen molar-refractivity contribution < 1.29 is 18.6 Å². The third-order valence-electron chi connectivity index (χ3n) is 3.97. The van der Waals surface area contributed by atoms with Crippen molar-refractivity contribution in [1.82, 2.24) is 5.32 Å². The summed E-state index contributed by atoms with van der Waals surface area (Å²) in [6.45, 7) is 2.28. The van der Waals surface area contributed by atoms with Crippen LogP contribution in [0.3, 0.4) is 0 Å². The van der Waals surface area contributed by atoms with Crippen molar-refractivity contribution in [2.24, 2.45) is 0 Å². The predicted molar refractivity (Wildman–Crippen MR) is 99.8 cm³/mol. The van der Waals surface area contributed by atoms with Gasteiger partial charge in [0.25, 0.3) is 0 Å². The van der Waals surface area contributed by atoms with E-state index in [9.17, 15) is 0 Å². The minimum atomic E-state index is 0. The standard InChI is InChI=1S/C20H19NO4.ClH/c1-2-18(22-9-1)12-21-11-15-3-6-17(7-4-15)23-13-16-5-8-19-20(10-16)25-14-24-19;/h1-10,21H,11-14H2;1H. The molecule has 136 valence electrons. The Kier molecular flexibility index (Phi) is 6.04. The molecule has 2 aromatic carbocycles. The third-order valence-corrected chi connectivity index (χ3v) is 3.97. The molecule has 1 N–H and O–H groups in total. The smallest absolute Gasteiger partial charge is 0.231 e. The highest BCUT2D eigenvalue weighted by Gasteiger charge is 2.13. The average Bonchev–Trinajstić information content (AvgIpc) is 3.32. The van der Waals surface area contributed by atoms with Crippen LogP contribution in [0.25, 0.3) is 0 Å². The second-order valence-corrected chi connectivity index (χ2v) is 5.80. The first-order valence-corrected chi connectivity index (χ1v) is 8.20. The first-order chi connectivity index (χ1) is 12.4. The summed E-state index contributed by atoms with van der Waals surface area (Å²) in [5.41, 5.74) is 2.25. The van der Waals surface area contributed by atoms with E-state index in [1.807, 2.05) is 42.5 Å². The molecule has 0 radical (unpaired) electrons. The Morgan fingerprint density at radius 2 is 1.69 bits per heavy atom. The number of hydrogen-bond acceptors (Lipinski definition) is 5. The van der Waals surface area contributed by atoms with Crippen molar-refractivity contribution in [3.63, 3.8) is 0 Å². The lowest BCUT2D eigenvalue weighted by Crippen LogP contribution is -2.11. The highest BCUT2D eigenvalue weighted by molar-refractivity contribution is 5.85. The molecule has 0 bridgehead atoms. The van der Waals surface area contributed by atoms with Crippen LogP contribution in [0.2, 0.25) is 0 Å². The molecule has 5 nitrogen and oxygen atoms in total. The Labute approximate surface area is 158 Å². The Morgan fingerprint density at radius 3 is 2.50 bits per heavy atom. The molecular formula is C20H20ClNO4. The van der Waals surface area contributed by atoms with Gasteiger partial charge in [0, 0.05) is 6.54 Å². The second-order valence-electron chi connectivity index (χ2n) is 5.80. The molecule has 6 heteroatoms. The van der Waals surface area contributed by atoms with Gasteiger partial charge < -0.3 is 23.9 Å². The molecular weight excluding hydrogens is 354 g/mol. The number of ether oxygens (including phenoxy) is 3. The largest absolute Gasteiger partial charge is 0.489 e. The van der Waals surface area contributed by atoms with E-state index in [1.165, 1.54) is 5.56 Å². The molecule has 0 unspecified atom stereocenters. The van der Waals surface area contributed by atoms with Crippen molar-refractivity contribution in [2.75, 3.05) is 6.79 Å². The first kappa shape index (κ1) is 18.2. The molecule has 1 aliphatic heterocycles.